The van der Waals surface area contributed by atoms with E-state index >= 15 is 0 Å². The van der Waals surface area contributed by atoms with Gasteiger partial charge in [0.05, 0.1) is 18.2 Å². The van der Waals surface area contributed by atoms with Crippen LogP contribution in [0.25, 0.3) is 10.9 Å². The lowest BCUT2D eigenvalue weighted by Gasteiger charge is -2.29. The van der Waals surface area contributed by atoms with Crippen molar-refractivity contribution in [1.29, 1.82) is 0 Å². The fourth-order valence-electron chi connectivity index (χ4n) is 2.83. The Morgan fingerprint density at radius 3 is 3.14 bits per heavy atom. The number of para-hydroxylation sites is 1. The summed E-state index contributed by atoms with van der Waals surface area (Å²) in [4.78, 5) is 16.6. The standard InChI is InChI=1S/C17H21N3O2/c1-12-15(19-10-11-22-12)17(21)20-9-7-14-5-2-4-13-6-3-8-18-16(13)14/h2-6,8,12,15,19H,7,9-11H2,1H3,(H,20,21)/t12-,15+/m1/s1. The fraction of sp³-hybridized carbons (Fsp3) is 0.412. The smallest absolute Gasteiger partial charge is 0.239 e. The molecule has 1 aliphatic rings. The molecule has 0 bridgehead atoms. The van der Waals surface area contributed by atoms with Gasteiger partial charge in [0.15, 0.2) is 0 Å². The van der Waals surface area contributed by atoms with Gasteiger partial charge in [-0.25, -0.2) is 0 Å². The second kappa shape index (κ2) is 6.85. The Bertz CT molecular complexity index is 654. The number of carbonyl (C=O) groups excluding carboxylic acids is 1. The third-order valence-corrected chi connectivity index (χ3v) is 4.01. The van der Waals surface area contributed by atoms with Crippen LogP contribution >= 0.6 is 0 Å². The summed E-state index contributed by atoms with van der Waals surface area (Å²) in [5.74, 6) is 0.000367. The molecule has 1 aromatic heterocycles. The number of nitrogens with one attached hydrogen (secondary N) is 2. The van der Waals surface area contributed by atoms with E-state index < -0.39 is 0 Å². The molecule has 1 aliphatic heterocycles. The van der Waals surface area contributed by atoms with Crippen molar-refractivity contribution in [2.75, 3.05) is 19.7 Å². The van der Waals surface area contributed by atoms with Crippen LogP contribution < -0.4 is 10.6 Å². The predicted octanol–water partition coefficient (Wildman–Crippen LogP) is 1.27. The van der Waals surface area contributed by atoms with E-state index in [1.165, 1.54) is 0 Å². The SMILES string of the molecule is C[C@H]1OCCN[C@@H]1C(=O)NCCc1cccc2cccnc12. The summed E-state index contributed by atoms with van der Waals surface area (Å²) in [6.07, 6.45) is 2.48. The molecule has 5 nitrogen and oxygen atoms in total. The molecule has 0 unspecified atom stereocenters. The summed E-state index contributed by atoms with van der Waals surface area (Å²) >= 11 is 0. The van der Waals surface area contributed by atoms with Gasteiger partial charge in [0, 0.05) is 24.7 Å². The summed E-state index contributed by atoms with van der Waals surface area (Å²) in [5, 5.41) is 7.31. The van der Waals surface area contributed by atoms with Gasteiger partial charge in [-0.2, -0.15) is 0 Å². The first-order valence-electron chi connectivity index (χ1n) is 7.71. The molecule has 2 atom stereocenters. The molecule has 116 valence electrons. The summed E-state index contributed by atoms with van der Waals surface area (Å²) in [7, 11) is 0. The molecule has 0 aliphatic carbocycles. The van der Waals surface area contributed by atoms with Crippen LogP contribution in [-0.2, 0) is 16.0 Å². The Hall–Kier alpha value is -1.98. The zero-order valence-electron chi connectivity index (χ0n) is 12.7. The van der Waals surface area contributed by atoms with Crippen LogP contribution in [-0.4, -0.2) is 42.7 Å². The summed E-state index contributed by atoms with van der Waals surface area (Å²) in [6, 6.07) is 9.86. The number of carbonyl (C=O) groups is 1. The number of amides is 1. The van der Waals surface area contributed by atoms with Crippen molar-refractivity contribution in [2.24, 2.45) is 0 Å². The maximum absolute atomic E-state index is 12.2. The number of rotatable bonds is 4. The van der Waals surface area contributed by atoms with Crippen molar-refractivity contribution in [3.63, 3.8) is 0 Å². The Balaban J connectivity index is 1.59. The van der Waals surface area contributed by atoms with Crippen molar-refractivity contribution in [3.8, 4) is 0 Å². The lowest BCUT2D eigenvalue weighted by Crippen LogP contribution is -2.55. The number of aromatic nitrogens is 1. The lowest BCUT2D eigenvalue weighted by atomic mass is 10.1. The van der Waals surface area contributed by atoms with E-state index in [4.69, 9.17) is 4.74 Å². The number of morpholine rings is 1. The summed E-state index contributed by atoms with van der Waals surface area (Å²) in [5.41, 5.74) is 2.16. The number of pyridine rings is 1. The van der Waals surface area contributed by atoms with Gasteiger partial charge in [0.25, 0.3) is 0 Å². The number of ether oxygens (including phenoxy) is 1. The number of hydrogen-bond acceptors (Lipinski definition) is 4. The highest BCUT2D eigenvalue weighted by Gasteiger charge is 2.27. The van der Waals surface area contributed by atoms with Crippen molar-refractivity contribution >= 4 is 16.8 Å². The first-order chi connectivity index (χ1) is 10.8. The predicted molar refractivity (Wildman–Crippen MR) is 85.7 cm³/mol. The Kier molecular flexibility index (Phi) is 4.65. The molecule has 2 N–H and O–H groups in total. The van der Waals surface area contributed by atoms with Gasteiger partial charge in [-0.05, 0) is 25.0 Å². The summed E-state index contributed by atoms with van der Waals surface area (Å²) < 4.78 is 5.50. The third kappa shape index (κ3) is 3.26. The highest BCUT2D eigenvalue weighted by atomic mass is 16.5. The van der Waals surface area contributed by atoms with E-state index in [0.29, 0.717) is 13.2 Å². The molecule has 0 radical (unpaired) electrons. The maximum atomic E-state index is 12.2. The Morgan fingerprint density at radius 1 is 1.41 bits per heavy atom. The number of hydrogen-bond donors (Lipinski definition) is 2. The highest BCUT2D eigenvalue weighted by molar-refractivity contribution is 5.83. The van der Waals surface area contributed by atoms with Gasteiger partial charge < -0.3 is 15.4 Å². The fourth-order valence-corrected chi connectivity index (χ4v) is 2.83. The monoisotopic (exact) mass is 299 g/mol. The van der Waals surface area contributed by atoms with Crippen molar-refractivity contribution in [2.45, 2.75) is 25.5 Å². The average Bonchev–Trinajstić information content (AvgIpc) is 2.55. The second-order valence-electron chi connectivity index (χ2n) is 5.54. The molecular formula is C17H21N3O2. The molecule has 5 heteroatoms. The molecule has 0 spiro atoms. The van der Waals surface area contributed by atoms with E-state index in [1.807, 2.05) is 19.1 Å². The van der Waals surface area contributed by atoms with Gasteiger partial charge in [0.1, 0.15) is 6.04 Å². The third-order valence-electron chi connectivity index (χ3n) is 4.01. The molecule has 1 fully saturated rings. The van der Waals surface area contributed by atoms with Gasteiger partial charge in [-0.3, -0.25) is 9.78 Å². The van der Waals surface area contributed by atoms with Crippen LogP contribution in [0.1, 0.15) is 12.5 Å². The van der Waals surface area contributed by atoms with Crippen LogP contribution in [0, 0.1) is 0 Å². The normalized spacial score (nSPS) is 21.7. The first kappa shape index (κ1) is 14.9. The molecular weight excluding hydrogens is 278 g/mol. The number of nitrogens with zero attached hydrogens (tertiary/aromatic N) is 1. The van der Waals surface area contributed by atoms with Crippen LogP contribution in [0.3, 0.4) is 0 Å². The minimum Gasteiger partial charge on any atom is -0.375 e. The van der Waals surface area contributed by atoms with E-state index in [0.717, 1.165) is 29.4 Å². The molecule has 1 amide bonds. The highest BCUT2D eigenvalue weighted by Crippen LogP contribution is 2.16. The van der Waals surface area contributed by atoms with E-state index in [-0.39, 0.29) is 18.1 Å². The average molecular weight is 299 g/mol. The Morgan fingerprint density at radius 2 is 2.27 bits per heavy atom. The quantitative estimate of drug-likeness (QED) is 0.892. The van der Waals surface area contributed by atoms with Gasteiger partial charge in [0.2, 0.25) is 5.91 Å². The minimum absolute atomic E-state index is 0.000367. The van der Waals surface area contributed by atoms with Crippen LogP contribution in [0.4, 0.5) is 0 Å². The van der Waals surface area contributed by atoms with Crippen molar-refractivity contribution in [3.05, 3.63) is 42.1 Å². The van der Waals surface area contributed by atoms with Crippen LogP contribution in [0.2, 0.25) is 0 Å². The van der Waals surface area contributed by atoms with E-state index in [2.05, 4.69) is 33.8 Å². The Labute approximate surface area is 130 Å². The molecule has 0 saturated carbocycles. The van der Waals surface area contributed by atoms with Gasteiger partial charge >= 0.3 is 0 Å². The van der Waals surface area contributed by atoms with E-state index in [1.54, 1.807) is 6.20 Å². The topological polar surface area (TPSA) is 63.2 Å². The molecule has 2 aromatic rings. The molecule has 3 rings (SSSR count). The minimum atomic E-state index is -0.264. The number of benzene rings is 1. The maximum Gasteiger partial charge on any atom is 0.239 e. The second-order valence-corrected chi connectivity index (χ2v) is 5.54. The molecule has 22 heavy (non-hydrogen) atoms. The number of fused-ring (bicyclic) bond motifs is 1. The van der Waals surface area contributed by atoms with Crippen LogP contribution in [0.15, 0.2) is 36.5 Å². The zero-order valence-corrected chi connectivity index (χ0v) is 12.7. The molecule has 1 aromatic carbocycles. The van der Waals surface area contributed by atoms with Crippen molar-refractivity contribution < 1.29 is 9.53 Å². The van der Waals surface area contributed by atoms with Gasteiger partial charge in [-0.1, -0.05) is 24.3 Å². The van der Waals surface area contributed by atoms with E-state index in [9.17, 15) is 4.79 Å². The zero-order chi connectivity index (χ0) is 15.4. The first-order valence-corrected chi connectivity index (χ1v) is 7.71. The lowest BCUT2D eigenvalue weighted by molar-refractivity contribution is -0.128. The van der Waals surface area contributed by atoms with Crippen LogP contribution in [0.5, 0.6) is 0 Å². The van der Waals surface area contributed by atoms with Crippen molar-refractivity contribution in [1.82, 2.24) is 15.6 Å². The largest absolute Gasteiger partial charge is 0.375 e. The van der Waals surface area contributed by atoms with Gasteiger partial charge in [-0.15, -0.1) is 0 Å². The molecule has 1 saturated heterocycles. The molecule has 2 heterocycles. The summed E-state index contributed by atoms with van der Waals surface area (Å²) in [6.45, 7) is 3.90.